The predicted octanol–water partition coefficient (Wildman–Crippen LogP) is 4.31. The lowest BCUT2D eigenvalue weighted by atomic mass is 9.94. The largest absolute Gasteiger partial charge is 0.507 e. The fourth-order valence-electron chi connectivity index (χ4n) is 3.57. The summed E-state index contributed by atoms with van der Waals surface area (Å²) in [5.41, 5.74) is 3.23. The molecule has 150 valence electrons. The Morgan fingerprint density at radius 2 is 1.86 bits per heavy atom. The number of ether oxygens (including phenoxy) is 1. The van der Waals surface area contributed by atoms with E-state index in [9.17, 15) is 14.7 Å². The van der Waals surface area contributed by atoms with E-state index in [1.165, 1.54) is 4.90 Å². The van der Waals surface area contributed by atoms with Gasteiger partial charge in [0.05, 0.1) is 18.2 Å². The Morgan fingerprint density at radius 1 is 1.17 bits per heavy atom. The van der Waals surface area contributed by atoms with Crippen LogP contribution in [0, 0.1) is 13.8 Å². The van der Waals surface area contributed by atoms with E-state index in [4.69, 9.17) is 4.74 Å². The lowest BCUT2D eigenvalue weighted by Crippen LogP contribution is -2.29. The first-order chi connectivity index (χ1) is 13.9. The van der Waals surface area contributed by atoms with Gasteiger partial charge in [-0.05, 0) is 50.1 Å². The number of amides is 1. The first kappa shape index (κ1) is 20.4. The average Bonchev–Trinajstić information content (AvgIpc) is 2.95. The lowest BCUT2D eigenvalue weighted by Gasteiger charge is -2.24. The van der Waals surface area contributed by atoms with E-state index in [0.717, 1.165) is 16.7 Å². The second kappa shape index (κ2) is 8.35. The summed E-state index contributed by atoms with van der Waals surface area (Å²) < 4.78 is 5.55. The number of carbonyl (C=O) groups is 2. The summed E-state index contributed by atoms with van der Waals surface area (Å²) in [6.07, 6.45) is 1.58. The maximum Gasteiger partial charge on any atom is 0.295 e. The Balaban J connectivity index is 2.15. The van der Waals surface area contributed by atoms with Gasteiger partial charge in [0.1, 0.15) is 11.5 Å². The topological polar surface area (TPSA) is 66.8 Å². The second-order valence-corrected chi connectivity index (χ2v) is 7.06. The van der Waals surface area contributed by atoms with Crippen LogP contribution in [0.3, 0.4) is 0 Å². The van der Waals surface area contributed by atoms with Gasteiger partial charge < -0.3 is 14.7 Å². The van der Waals surface area contributed by atoms with Crippen molar-refractivity contribution in [3.05, 3.63) is 82.9 Å². The van der Waals surface area contributed by atoms with E-state index in [0.29, 0.717) is 17.9 Å². The highest BCUT2D eigenvalue weighted by molar-refractivity contribution is 6.46. The summed E-state index contributed by atoms with van der Waals surface area (Å²) in [7, 11) is 0. The number of hydrogen-bond acceptors (Lipinski definition) is 4. The summed E-state index contributed by atoms with van der Waals surface area (Å²) >= 11 is 0. The van der Waals surface area contributed by atoms with Crippen molar-refractivity contribution in [2.75, 3.05) is 13.2 Å². The van der Waals surface area contributed by atoms with Crippen LogP contribution in [0.25, 0.3) is 5.76 Å². The van der Waals surface area contributed by atoms with Gasteiger partial charge in [0, 0.05) is 12.1 Å². The van der Waals surface area contributed by atoms with Crippen molar-refractivity contribution in [3.8, 4) is 5.75 Å². The number of nitrogens with zero attached hydrogens (tertiary/aromatic N) is 1. The van der Waals surface area contributed by atoms with Gasteiger partial charge in [0.2, 0.25) is 0 Å². The van der Waals surface area contributed by atoms with E-state index in [1.54, 1.807) is 24.3 Å². The van der Waals surface area contributed by atoms with Gasteiger partial charge >= 0.3 is 0 Å². The van der Waals surface area contributed by atoms with Crippen LogP contribution in [0.4, 0.5) is 0 Å². The van der Waals surface area contributed by atoms with E-state index in [1.807, 2.05) is 45.0 Å². The summed E-state index contributed by atoms with van der Waals surface area (Å²) in [5, 5.41) is 11.0. The minimum atomic E-state index is -0.693. The lowest BCUT2D eigenvalue weighted by molar-refractivity contribution is -0.139. The average molecular weight is 391 g/mol. The highest BCUT2D eigenvalue weighted by Crippen LogP contribution is 2.39. The van der Waals surface area contributed by atoms with Crippen molar-refractivity contribution in [3.63, 3.8) is 0 Å². The highest BCUT2D eigenvalue weighted by Gasteiger charge is 2.45. The summed E-state index contributed by atoms with van der Waals surface area (Å²) in [6.45, 7) is 10.2. The van der Waals surface area contributed by atoms with Crippen molar-refractivity contribution in [1.82, 2.24) is 4.90 Å². The van der Waals surface area contributed by atoms with E-state index in [-0.39, 0.29) is 17.9 Å². The van der Waals surface area contributed by atoms with Gasteiger partial charge in [-0.25, -0.2) is 0 Å². The van der Waals surface area contributed by atoms with Gasteiger partial charge in [-0.1, -0.05) is 35.9 Å². The summed E-state index contributed by atoms with van der Waals surface area (Å²) in [4.78, 5) is 26.9. The molecule has 2 aromatic rings. The van der Waals surface area contributed by atoms with Crippen LogP contribution >= 0.6 is 0 Å². The Hall–Kier alpha value is -3.34. The number of benzene rings is 2. The minimum Gasteiger partial charge on any atom is -0.507 e. The molecule has 1 atom stereocenters. The highest BCUT2D eigenvalue weighted by atomic mass is 16.5. The zero-order valence-corrected chi connectivity index (χ0v) is 16.9. The smallest absolute Gasteiger partial charge is 0.295 e. The van der Waals surface area contributed by atoms with Crippen LogP contribution in [0.5, 0.6) is 5.75 Å². The van der Waals surface area contributed by atoms with Crippen molar-refractivity contribution >= 4 is 17.4 Å². The Labute approximate surface area is 170 Å². The number of ketones is 1. The quantitative estimate of drug-likeness (QED) is 0.345. The molecule has 0 radical (unpaired) electrons. The first-order valence-electron chi connectivity index (χ1n) is 9.58. The first-order valence-corrected chi connectivity index (χ1v) is 9.58. The molecule has 5 heteroatoms. The van der Waals surface area contributed by atoms with Crippen LogP contribution in [0.15, 0.2) is 60.7 Å². The molecule has 1 aliphatic rings. The third-order valence-electron chi connectivity index (χ3n) is 5.01. The molecule has 1 fully saturated rings. The molecule has 29 heavy (non-hydrogen) atoms. The number of carbonyl (C=O) groups excluding carboxylic acids is 2. The molecule has 3 rings (SSSR count). The Kier molecular flexibility index (Phi) is 5.87. The van der Waals surface area contributed by atoms with Gasteiger partial charge in [-0.3, -0.25) is 9.59 Å². The molecular weight excluding hydrogens is 366 g/mol. The number of hydrogen-bond donors (Lipinski definition) is 1. The van der Waals surface area contributed by atoms with Crippen molar-refractivity contribution in [2.45, 2.75) is 26.8 Å². The Morgan fingerprint density at radius 3 is 2.45 bits per heavy atom. The molecular formula is C24H25NO4. The second-order valence-electron chi connectivity index (χ2n) is 7.06. The van der Waals surface area contributed by atoms with Gasteiger partial charge in [-0.15, -0.1) is 6.58 Å². The number of aliphatic hydroxyl groups is 1. The molecule has 1 saturated heterocycles. The van der Waals surface area contributed by atoms with Crippen molar-refractivity contribution in [2.24, 2.45) is 0 Å². The number of Topliss-reactive ketones (excluding diaryl/α,β-unsaturated/α-hetero) is 1. The summed E-state index contributed by atoms with van der Waals surface area (Å²) in [5.74, 6) is -0.806. The predicted molar refractivity (Wildman–Crippen MR) is 113 cm³/mol. The minimum absolute atomic E-state index is 0.0873. The molecule has 0 aliphatic carbocycles. The normalized spacial score (nSPS) is 18.2. The maximum absolute atomic E-state index is 12.8. The standard InChI is InChI=1S/C24H25NO4/c1-5-13-25-21(17-9-7-15(3)8-10-17)20(23(27)24(25)28)22(26)18-11-12-19(29-6-2)16(4)14-18/h5,7-12,14,21,26H,1,6,13H2,2-4H3/t21-/m0/s1. The maximum atomic E-state index is 12.8. The molecule has 1 aliphatic heterocycles. The monoisotopic (exact) mass is 391 g/mol. The van der Waals surface area contributed by atoms with E-state index in [2.05, 4.69) is 6.58 Å². The molecule has 0 aromatic heterocycles. The molecule has 1 amide bonds. The molecule has 2 aromatic carbocycles. The van der Waals surface area contributed by atoms with Gasteiger partial charge in [0.15, 0.2) is 0 Å². The zero-order valence-electron chi connectivity index (χ0n) is 16.9. The van der Waals surface area contributed by atoms with E-state index < -0.39 is 17.7 Å². The fourth-order valence-corrected chi connectivity index (χ4v) is 3.57. The molecule has 1 heterocycles. The number of aliphatic hydroxyl groups excluding tert-OH is 1. The zero-order chi connectivity index (χ0) is 21.1. The summed E-state index contributed by atoms with van der Waals surface area (Å²) in [6, 6.07) is 12.1. The van der Waals surface area contributed by atoms with Crippen LogP contribution in [-0.2, 0) is 9.59 Å². The van der Waals surface area contributed by atoms with Crippen LogP contribution in [0.1, 0.15) is 35.2 Å². The molecule has 0 spiro atoms. The van der Waals surface area contributed by atoms with Crippen LogP contribution in [0.2, 0.25) is 0 Å². The van der Waals surface area contributed by atoms with Crippen molar-refractivity contribution in [1.29, 1.82) is 0 Å². The van der Waals surface area contributed by atoms with Gasteiger partial charge in [-0.2, -0.15) is 0 Å². The molecule has 0 unspecified atom stereocenters. The number of likely N-dealkylation sites (tertiary alicyclic amines) is 1. The SMILES string of the molecule is C=CCN1C(=O)C(=O)C(=C(O)c2ccc(OCC)c(C)c2)[C@@H]1c1ccc(C)cc1. The van der Waals surface area contributed by atoms with Crippen LogP contribution in [-0.4, -0.2) is 34.8 Å². The van der Waals surface area contributed by atoms with E-state index >= 15 is 0 Å². The molecule has 1 N–H and O–H groups in total. The fraction of sp³-hybridized carbons (Fsp3) is 0.250. The van der Waals surface area contributed by atoms with Crippen LogP contribution < -0.4 is 4.74 Å². The third kappa shape index (κ3) is 3.81. The Bertz CT molecular complexity index is 988. The van der Waals surface area contributed by atoms with Crippen molar-refractivity contribution < 1.29 is 19.4 Å². The number of rotatable bonds is 6. The molecule has 5 nitrogen and oxygen atoms in total. The van der Waals surface area contributed by atoms with Gasteiger partial charge in [0.25, 0.3) is 11.7 Å². The molecule has 0 bridgehead atoms. The third-order valence-corrected chi connectivity index (χ3v) is 5.01. The number of aryl methyl sites for hydroxylation is 2. The molecule has 0 saturated carbocycles.